The monoisotopic (exact) mass is 468 g/mol. The molecule has 0 radical (unpaired) electrons. The number of anilines is 2. The van der Waals surface area contributed by atoms with Gasteiger partial charge in [-0.1, -0.05) is 0 Å². The molecule has 5 atom stereocenters. The van der Waals surface area contributed by atoms with Gasteiger partial charge in [0.2, 0.25) is 5.95 Å². The number of aryl methyl sites for hydroxylation is 2. The molecular formula is C23H28N6O3S. The molecule has 0 saturated heterocycles. The van der Waals surface area contributed by atoms with Gasteiger partial charge in [-0.2, -0.15) is 4.98 Å². The van der Waals surface area contributed by atoms with Gasteiger partial charge >= 0.3 is 0 Å². The minimum absolute atomic E-state index is 0.385. The molecule has 5 N–H and O–H groups in total. The van der Waals surface area contributed by atoms with E-state index in [4.69, 9.17) is 15.0 Å². The number of nitrogens with one attached hydrogen (secondary N) is 2. The summed E-state index contributed by atoms with van der Waals surface area (Å²) < 4.78 is 1.03. The molecule has 9 nitrogen and oxygen atoms in total. The Bertz CT molecular complexity index is 1290. The first kappa shape index (κ1) is 21.2. The summed E-state index contributed by atoms with van der Waals surface area (Å²) in [6.45, 7) is 7.31. The van der Waals surface area contributed by atoms with Crippen LogP contribution in [0.4, 0.5) is 11.8 Å². The molecule has 10 heteroatoms. The predicted octanol–water partition coefficient (Wildman–Crippen LogP) is 2.39. The third-order valence-corrected chi connectivity index (χ3v) is 8.73. The maximum absolute atomic E-state index is 11.1. The second kappa shape index (κ2) is 6.59. The van der Waals surface area contributed by atoms with Crippen molar-refractivity contribution in [1.82, 2.24) is 19.9 Å². The molecule has 0 amide bonds. The zero-order valence-corrected chi connectivity index (χ0v) is 19.9. The first-order valence-corrected chi connectivity index (χ1v) is 12.1. The Morgan fingerprint density at radius 2 is 1.85 bits per heavy atom. The predicted molar refractivity (Wildman–Crippen MR) is 126 cm³/mol. The quantitative estimate of drug-likeness (QED) is 0.382. The van der Waals surface area contributed by atoms with Gasteiger partial charge in [0.05, 0.1) is 32.8 Å². The van der Waals surface area contributed by atoms with Crippen molar-refractivity contribution in [2.75, 3.05) is 10.6 Å². The fourth-order valence-electron chi connectivity index (χ4n) is 5.42. The number of nitrogens with zero attached hydrogens (tertiary/aromatic N) is 4. The summed E-state index contributed by atoms with van der Waals surface area (Å²) in [4.78, 5) is 18.7. The first-order chi connectivity index (χ1) is 15.5. The van der Waals surface area contributed by atoms with Crippen molar-refractivity contribution in [2.45, 2.75) is 75.8 Å². The molecule has 5 unspecified atom stereocenters. The van der Waals surface area contributed by atoms with E-state index in [0.29, 0.717) is 24.2 Å². The fourth-order valence-corrected chi connectivity index (χ4v) is 6.53. The molecule has 3 aliphatic carbocycles. The molecule has 3 fully saturated rings. The molecule has 3 aromatic rings. The lowest BCUT2D eigenvalue weighted by Gasteiger charge is -2.36. The van der Waals surface area contributed by atoms with Gasteiger partial charge in [0.25, 0.3) is 0 Å². The maximum Gasteiger partial charge on any atom is 0.225 e. The van der Waals surface area contributed by atoms with Gasteiger partial charge in [-0.25, -0.2) is 9.97 Å². The van der Waals surface area contributed by atoms with Gasteiger partial charge in [0, 0.05) is 18.2 Å². The molecular weight excluding hydrogens is 440 g/mol. The molecule has 3 aliphatic rings. The molecule has 0 bridgehead atoms. The summed E-state index contributed by atoms with van der Waals surface area (Å²) in [6.07, 6.45) is 3.22. The number of rotatable bonds is 5. The topological polar surface area (TPSA) is 136 Å². The Hall–Kier alpha value is -2.40. The van der Waals surface area contributed by atoms with Gasteiger partial charge in [-0.15, -0.1) is 11.3 Å². The Labute approximate surface area is 195 Å². The summed E-state index contributed by atoms with van der Waals surface area (Å²) in [7, 11) is 0. The van der Waals surface area contributed by atoms with Crippen LogP contribution in [-0.2, 0) is 0 Å². The van der Waals surface area contributed by atoms with E-state index in [1.54, 1.807) is 24.5 Å². The smallest absolute Gasteiger partial charge is 0.225 e. The molecule has 33 heavy (non-hydrogen) atoms. The second-order valence-corrected chi connectivity index (χ2v) is 11.2. The third-order valence-electron chi connectivity index (χ3n) is 7.69. The zero-order chi connectivity index (χ0) is 23.3. The number of aliphatic hydroxyl groups excluding tert-OH is 1. The van der Waals surface area contributed by atoms with Crippen molar-refractivity contribution in [1.29, 1.82) is 0 Å². The van der Waals surface area contributed by atoms with E-state index in [9.17, 15) is 15.3 Å². The molecule has 3 aromatic heterocycles. The van der Waals surface area contributed by atoms with Crippen molar-refractivity contribution < 1.29 is 15.3 Å². The number of hydrogen-bond acceptors (Lipinski definition) is 10. The Kier molecular flexibility index (Phi) is 4.23. The molecule has 6 rings (SSSR count). The minimum Gasteiger partial charge on any atom is -0.388 e. The van der Waals surface area contributed by atoms with Crippen LogP contribution in [0.1, 0.15) is 44.5 Å². The number of thiazole rings is 1. The average Bonchev–Trinajstić information content (AvgIpc) is 3.52. The van der Waals surface area contributed by atoms with E-state index in [-0.39, 0.29) is 0 Å². The van der Waals surface area contributed by atoms with Crippen LogP contribution in [0.15, 0.2) is 12.3 Å². The van der Waals surface area contributed by atoms with Gasteiger partial charge < -0.3 is 26.0 Å². The lowest BCUT2D eigenvalue weighted by Crippen LogP contribution is -2.53. The van der Waals surface area contributed by atoms with E-state index in [0.717, 1.165) is 45.0 Å². The number of hydrogen-bond donors (Lipinski definition) is 5. The summed E-state index contributed by atoms with van der Waals surface area (Å²) in [5, 5.41) is 40.0. The van der Waals surface area contributed by atoms with Crippen LogP contribution in [0.5, 0.6) is 0 Å². The summed E-state index contributed by atoms with van der Waals surface area (Å²) in [5.74, 6) is 0.692. The van der Waals surface area contributed by atoms with Gasteiger partial charge in [-0.3, -0.25) is 4.98 Å². The van der Waals surface area contributed by atoms with Crippen molar-refractivity contribution in [3.05, 3.63) is 23.7 Å². The van der Waals surface area contributed by atoms with Crippen molar-refractivity contribution in [3.63, 3.8) is 0 Å². The molecule has 0 aliphatic heterocycles. The standard InChI is InChI=1S/C23H28N6O3S/c1-10-15(18-27-16-11(2)24-8-7-13(16)33-18)17(28-20(25-10)26-12-5-6-12)29-21(3)9-14-22(4,31)23(14,32)19(21)30/h7-8,12,14,19,30-32H,5-6,9H2,1-4H3,(H2,25,26,28,29). The zero-order valence-electron chi connectivity index (χ0n) is 19.0. The van der Waals surface area contributed by atoms with E-state index in [1.807, 2.05) is 26.8 Å². The third kappa shape index (κ3) is 2.94. The van der Waals surface area contributed by atoms with Crippen molar-refractivity contribution in [3.8, 4) is 10.6 Å². The summed E-state index contributed by atoms with van der Waals surface area (Å²) in [5.41, 5.74) is -0.433. The van der Waals surface area contributed by atoms with Crippen molar-refractivity contribution >= 4 is 33.3 Å². The highest BCUT2D eigenvalue weighted by atomic mass is 32.1. The van der Waals surface area contributed by atoms with Gasteiger partial charge in [-0.05, 0) is 53.0 Å². The molecule has 3 heterocycles. The number of aromatic nitrogens is 4. The lowest BCUT2D eigenvalue weighted by atomic mass is 9.88. The lowest BCUT2D eigenvalue weighted by molar-refractivity contribution is -0.0717. The number of pyridine rings is 1. The second-order valence-electron chi connectivity index (χ2n) is 10.2. The Morgan fingerprint density at radius 3 is 2.48 bits per heavy atom. The van der Waals surface area contributed by atoms with E-state index < -0.39 is 28.8 Å². The van der Waals surface area contributed by atoms with Crippen LogP contribution < -0.4 is 10.6 Å². The highest BCUT2D eigenvalue weighted by Gasteiger charge is 2.84. The highest BCUT2D eigenvalue weighted by Crippen LogP contribution is 2.66. The Morgan fingerprint density at radius 1 is 1.09 bits per heavy atom. The number of fused-ring (bicyclic) bond motifs is 2. The summed E-state index contributed by atoms with van der Waals surface area (Å²) >= 11 is 1.55. The van der Waals surface area contributed by atoms with E-state index >= 15 is 0 Å². The van der Waals surface area contributed by atoms with Crippen LogP contribution in [0, 0.1) is 19.8 Å². The van der Waals surface area contributed by atoms with Crippen LogP contribution in [0.2, 0.25) is 0 Å². The fraction of sp³-hybridized carbons (Fsp3) is 0.565. The van der Waals surface area contributed by atoms with Gasteiger partial charge in [0.1, 0.15) is 28.0 Å². The summed E-state index contributed by atoms with van der Waals surface area (Å²) in [6, 6.07) is 2.33. The van der Waals surface area contributed by atoms with Gasteiger partial charge in [0.15, 0.2) is 0 Å². The normalized spacial score (nSPS) is 35.0. The first-order valence-electron chi connectivity index (χ1n) is 11.3. The number of aliphatic hydroxyl groups is 3. The van der Waals surface area contributed by atoms with E-state index in [1.165, 1.54) is 0 Å². The minimum atomic E-state index is -1.52. The Balaban J connectivity index is 1.44. The molecule has 174 valence electrons. The van der Waals surface area contributed by atoms with Crippen LogP contribution in [0.25, 0.3) is 20.8 Å². The average molecular weight is 469 g/mol. The van der Waals surface area contributed by atoms with Crippen molar-refractivity contribution in [2.24, 2.45) is 5.92 Å². The highest BCUT2D eigenvalue weighted by molar-refractivity contribution is 7.21. The van der Waals surface area contributed by atoms with Crippen LogP contribution in [-0.4, -0.2) is 64.1 Å². The SMILES string of the molecule is Cc1nc(NC2CC2)nc(NC2(C)CC3C(C)(O)C3(O)C2O)c1-c1nc2c(C)nccc2s1. The molecule has 0 aromatic carbocycles. The molecule has 0 spiro atoms. The maximum atomic E-state index is 11.1. The van der Waals surface area contributed by atoms with E-state index in [2.05, 4.69) is 15.6 Å². The van der Waals surface area contributed by atoms with Crippen LogP contribution >= 0.6 is 11.3 Å². The van der Waals surface area contributed by atoms with Crippen LogP contribution in [0.3, 0.4) is 0 Å². The molecule has 3 saturated carbocycles. The largest absolute Gasteiger partial charge is 0.388 e.